The molecule has 1 amide bonds. The molecule has 0 spiro atoms. The van der Waals surface area contributed by atoms with Crippen LogP contribution in [-0.2, 0) is 20.4 Å². The lowest BCUT2D eigenvalue weighted by Crippen LogP contribution is -2.50. The van der Waals surface area contributed by atoms with Crippen molar-refractivity contribution in [3.8, 4) is 0 Å². The van der Waals surface area contributed by atoms with E-state index in [4.69, 9.17) is 5.73 Å². The standard InChI is InChI=1S/C10H14N2O3S/c1-10(11,8-6-4-3-5-7-8)9(13)12-16(2,14)15/h3-7H,11H2,1-2H3,(H,12,13). The molecule has 1 aromatic rings. The van der Waals surface area contributed by atoms with Gasteiger partial charge in [-0.25, -0.2) is 8.42 Å². The van der Waals surface area contributed by atoms with Gasteiger partial charge in [0.05, 0.1) is 6.26 Å². The third kappa shape index (κ3) is 3.04. The summed E-state index contributed by atoms with van der Waals surface area (Å²) in [6.45, 7) is 1.46. The lowest BCUT2D eigenvalue weighted by molar-refractivity contribution is -0.124. The van der Waals surface area contributed by atoms with Crippen molar-refractivity contribution in [3.63, 3.8) is 0 Å². The molecule has 0 aromatic heterocycles. The van der Waals surface area contributed by atoms with Gasteiger partial charge in [-0.05, 0) is 12.5 Å². The minimum absolute atomic E-state index is 0.552. The molecule has 1 atom stereocenters. The summed E-state index contributed by atoms with van der Waals surface area (Å²) in [5, 5.41) is 0. The highest BCUT2D eigenvalue weighted by molar-refractivity contribution is 7.89. The largest absolute Gasteiger partial charge is 0.314 e. The maximum Gasteiger partial charge on any atom is 0.257 e. The smallest absolute Gasteiger partial charge is 0.257 e. The zero-order valence-electron chi connectivity index (χ0n) is 9.10. The van der Waals surface area contributed by atoms with Gasteiger partial charge < -0.3 is 5.73 Å². The highest BCUT2D eigenvalue weighted by atomic mass is 32.2. The number of sulfonamides is 1. The second kappa shape index (κ2) is 4.23. The number of benzene rings is 1. The Morgan fingerprint density at radius 3 is 2.25 bits per heavy atom. The molecule has 0 bridgehead atoms. The fraction of sp³-hybridized carbons (Fsp3) is 0.300. The summed E-state index contributed by atoms with van der Waals surface area (Å²) in [5.41, 5.74) is 4.99. The van der Waals surface area contributed by atoms with Crippen molar-refractivity contribution >= 4 is 15.9 Å². The Kier molecular flexibility index (Phi) is 3.35. The van der Waals surface area contributed by atoms with Crippen LogP contribution in [0.2, 0.25) is 0 Å². The van der Waals surface area contributed by atoms with Crippen molar-refractivity contribution in [1.29, 1.82) is 0 Å². The van der Waals surface area contributed by atoms with Gasteiger partial charge in [0, 0.05) is 0 Å². The topological polar surface area (TPSA) is 89.3 Å². The monoisotopic (exact) mass is 242 g/mol. The molecule has 1 aromatic carbocycles. The highest BCUT2D eigenvalue weighted by Crippen LogP contribution is 2.17. The van der Waals surface area contributed by atoms with Crippen molar-refractivity contribution in [2.45, 2.75) is 12.5 Å². The second-order valence-corrected chi connectivity index (χ2v) is 5.52. The van der Waals surface area contributed by atoms with Gasteiger partial charge >= 0.3 is 0 Å². The molecule has 0 radical (unpaired) electrons. The lowest BCUT2D eigenvalue weighted by atomic mass is 9.93. The third-order valence-corrected chi connectivity index (χ3v) is 2.68. The van der Waals surface area contributed by atoms with E-state index in [1.54, 1.807) is 30.3 Å². The summed E-state index contributed by atoms with van der Waals surface area (Å²) in [4.78, 5) is 11.7. The van der Waals surface area contributed by atoms with E-state index in [0.717, 1.165) is 6.26 Å². The van der Waals surface area contributed by atoms with Crippen LogP contribution in [0, 0.1) is 0 Å². The van der Waals surface area contributed by atoms with Gasteiger partial charge in [-0.2, -0.15) is 0 Å². The van der Waals surface area contributed by atoms with E-state index in [1.807, 2.05) is 4.72 Å². The summed E-state index contributed by atoms with van der Waals surface area (Å²) >= 11 is 0. The molecule has 0 saturated heterocycles. The van der Waals surface area contributed by atoms with Crippen LogP contribution in [0.4, 0.5) is 0 Å². The molecule has 0 aliphatic carbocycles. The Labute approximate surface area is 94.7 Å². The first-order valence-corrected chi connectivity index (χ1v) is 6.49. The van der Waals surface area contributed by atoms with E-state index in [-0.39, 0.29) is 0 Å². The van der Waals surface area contributed by atoms with Gasteiger partial charge in [0.2, 0.25) is 10.0 Å². The molecule has 5 nitrogen and oxygen atoms in total. The van der Waals surface area contributed by atoms with Gasteiger partial charge in [-0.3, -0.25) is 9.52 Å². The molecule has 0 heterocycles. The first-order valence-electron chi connectivity index (χ1n) is 4.60. The van der Waals surface area contributed by atoms with Crippen LogP contribution in [-0.4, -0.2) is 20.6 Å². The van der Waals surface area contributed by atoms with E-state index in [1.165, 1.54) is 6.92 Å². The number of nitrogens with two attached hydrogens (primary N) is 1. The number of carbonyl (C=O) groups is 1. The van der Waals surface area contributed by atoms with Crippen LogP contribution in [0.5, 0.6) is 0 Å². The van der Waals surface area contributed by atoms with Gasteiger partial charge in [0.25, 0.3) is 5.91 Å². The average molecular weight is 242 g/mol. The summed E-state index contributed by atoms with van der Waals surface area (Å²) in [5.74, 6) is -0.749. The van der Waals surface area contributed by atoms with Crippen LogP contribution >= 0.6 is 0 Å². The third-order valence-electron chi connectivity index (χ3n) is 2.12. The molecule has 1 rings (SSSR count). The SMILES string of the molecule is CC(N)(C(=O)NS(C)(=O)=O)c1ccccc1. The number of nitrogens with one attached hydrogen (secondary N) is 1. The van der Waals surface area contributed by atoms with E-state index in [9.17, 15) is 13.2 Å². The first kappa shape index (κ1) is 12.7. The number of hydrogen-bond donors (Lipinski definition) is 2. The van der Waals surface area contributed by atoms with Crippen molar-refractivity contribution in [2.24, 2.45) is 5.73 Å². The van der Waals surface area contributed by atoms with Crippen molar-refractivity contribution in [2.75, 3.05) is 6.26 Å². The van der Waals surface area contributed by atoms with Crippen LogP contribution < -0.4 is 10.5 Å². The zero-order chi connectivity index (χ0) is 12.4. The van der Waals surface area contributed by atoms with E-state index < -0.39 is 21.5 Å². The number of rotatable bonds is 3. The minimum Gasteiger partial charge on any atom is -0.314 e. The molecule has 88 valence electrons. The Morgan fingerprint density at radius 2 is 1.81 bits per heavy atom. The molecule has 16 heavy (non-hydrogen) atoms. The van der Waals surface area contributed by atoms with Gasteiger partial charge in [0.15, 0.2) is 0 Å². The quantitative estimate of drug-likeness (QED) is 0.777. The number of hydrogen-bond acceptors (Lipinski definition) is 4. The van der Waals surface area contributed by atoms with E-state index in [0.29, 0.717) is 5.56 Å². The summed E-state index contributed by atoms with van der Waals surface area (Å²) < 4.78 is 23.7. The van der Waals surface area contributed by atoms with Gasteiger partial charge in [-0.1, -0.05) is 30.3 Å². The lowest BCUT2D eigenvalue weighted by Gasteiger charge is -2.23. The van der Waals surface area contributed by atoms with Crippen LogP contribution in [0.1, 0.15) is 12.5 Å². The summed E-state index contributed by atoms with van der Waals surface area (Å²) in [6.07, 6.45) is 0.909. The van der Waals surface area contributed by atoms with E-state index >= 15 is 0 Å². The van der Waals surface area contributed by atoms with Crippen molar-refractivity contribution < 1.29 is 13.2 Å². The Morgan fingerprint density at radius 1 is 1.31 bits per heavy atom. The normalized spacial score (nSPS) is 15.2. The molecular formula is C10H14N2O3S. The number of amides is 1. The first-order chi connectivity index (χ1) is 7.23. The Balaban J connectivity index is 2.99. The predicted molar refractivity (Wildman–Crippen MR) is 61.0 cm³/mol. The maximum absolute atomic E-state index is 11.7. The molecule has 0 saturated carbocycles. The van der Waals surface area contributed by atoms with Gasteiger partial charge in [0.1, 0.15) is 5.54 Å². The molecule has 3 N–H and O–H groups in total. The number of carbonyl (C=O) groups excluding carboxylic acids is 1. The average Bonchev–Trinajstić information content (AvgIpc) is 2.16. The van der Waals surface area contributed by atoms with Gasteiger partial charge in [-0.15, -0.1) is 0 Å². The zero-order valence-corrected chi connectivity index (χ0v) is 9.91. The Hall–Kier alpha value is -1.40. The predicted octanol–water partition coefficient (Wildman–Crippen LogP) is -0.0637. The summed E-state index contributed by atoms with van der Waals surface area (Å²) in [6, 6.07) is 8.58. The highest BCUT2D eigenvalue weighted by Gasteiger charge is 2.31. The van der Waals surface area contributed by atoms with E-state index in [2.05, 4.69) is 0 Å². The fourth-order valence-electron chi connectivity index (χ4n) is 1.19. The molecule has 0 aliphatic rings. The molecule has 1 unspecified atom stereocenters. The fourth-order valence-corrected chi connectivity index (χ4v) is 1.74. The second-order valence-electron chi connectivity index (χ2n) is 3.77. The minimum atomic E-state index is -3.59. The molecular weight excluding hydrogens is 228 g/mol. The summed E-state index contributed by atoms with van der Waals surface area (Å²) in [7, 11) is -3.59. The van der Waals surface area contributed by atoms with Crippen LogP contribution in [0.15, 0.2) is 30.3 Å². The van der Waals surface area contributed by atoms with Crippen LogP contribution in [0.25, 0.3) is 0 Å². The molecule has 0 aliphatic heterocycles. The van der Waals surface area contributed by atoms with Crippen molar-refractivity contribution in [3.05, 3.63) is 35.9 Å². The van der Waals surface area contributed by atoms with Crippen LogP contribution in [0.3, 0.4) is 0 Å². The molecule has 6 heteroatoms. The Bertz CT molecular complexity index is 480. The maximum atomic E-state index is 11.7. The molecule has 0 fully saturated rings. The van der Waals surface area contributed by atoms with Crippen molar-refractivity contribution in [1.82, 2.24) is 4.72 Å².